The molecule has 2 atom stereocenters. The van der Waals surface area contributed by atoms with Gasteiger partial charge in [0.15, 0.2) is 0 Å². The Hall–Kier alpha value is -3.39. The van der Waals surface area contributed by atoms with Gasteiger partial charge in [0.05, 0.1) is 6.10 Å². The van der Waals surface area contributed by atoms with E-state index in [0.29, 0.717) is 25.8 Å². The van der Waals surface area contributed by atoms with Gasteiger partial charge in [-0.15, -0.1) is 0 Å². The summed E-state index contributed by atoms with van der Waals surface area (Å²) in [5.74, 6) is -1.04. The van der Waals surface area contributed by atoms with E-state index in [4.69, 9.17) is 14.6 Å². The number of amides is 2. The molecule has 0 aromatic heterocycles. The summed E-state index contributed by atoms with van der Waals surface area (Å²) in [6.07, 6.45) is 0.312. The highest BCUT2D eigenvalue weighted by Gasteiger charge is 2.33. The first-order valence-electron chi connectivity index (χ1n) is 11.6. The fourth-order valence-electron chi connectivity index (χ4n) is 4.71. The highest BCUT2D eigenvalue weighted by Crippen LogP contribution is 2.44. The van der Waals surface area contributed by atoms with Crippen LogP contribution in [0.3, 0.4) is 0 Å². The molecule has 34 heavy (non-hydrogen) atoms. The van der Waals surface area contributed by atoms with Crippen LogP contribution in [-0.4, -0.2) is 66.9 Å². The maximum atomic E-state index is 12.5. The zero-order valence-electron chi connectivity index (χ0n) is 19.2. The molecule has 0 radical (unpaired) electrons. The van der Waals surface area contributed by atoms with E-state index in [-0.39, 0.29) is 37.5 Å². The van der Waals surface area contributed by atoms with Crippen LogP contribution >= 0.6 is 0 Å². The highest BCUT2D eigenvalue weighted by atomic mass is 16.5. The molecule has 0 spiro atoms. The number of rotatable bonds is 9. The molecule has 2 aromatic carbocycles. The Labute approximate surface area is 198 Å². The second kappa shape index (κ2) is 10.7. The van der Waals surface area contributed by atoms with E-state index >= 15 is 0 Å². The molecule has 0 bridgehead atoms. The number of nitrogens with zero attached hydrogens (tertiary/aromatic N) is 1. The largest absolute Gasteiger partial charge is 0.481 e. The molecule has 180 valence electrons. The van der Waals surface area contributed by atoms with Crippen LogP contribution < -0.4 is 5.32 Å². The van der Waals surface area contributed by atoms with Crippen LogP contribution in [-0.2, 0) is 19.1 Å². The average molecular weight is 467 g/mol. The predicted molar refractivity (Wildman–Crippen MR) is 125 cm³/mol. The van der Waals surface area contributed by atoms with E-state index in [9.17, 15) is 14.4 Å². The minimum absolute atomic E-state index is 0.000420. The molecule has 8 nitrogen and oxygen atoms in total. The summed E-state index contributed by atoms with van der Waals surface area (Å²) in [6.45, 7) is 0.879. The lowest BCUT2D eigenvalue weighted by molar-refractivity contribution is -0.142. The Morgan fingerprint density at radius 3 is 2.35 bits per heavy atom. The van der Waals surface area contributed by atoms with Crippen molar-refractivity contribution in [3.05, 3.63) is 59.7 Å². The molecule has 2 amide bonds. The zero-order valence-corrected chi connectivity index (χ0v) is 19.2. The molecular formula is C26H30N2O6. The van der Waals surface area contributed by atoms with Crippen LogP contribution in [0.25, 0.3) is 11.1 Å². The standard InChI is InChI=1S/C26H30N2O6/c1-28(14-6-11-24(29)30)25(31)23-13-12-17(34-23)15-27-26(32)33-16-22-20-9-4-2-7-18(20)19-8-3-5-10-21(19)22/h2-5,7-10,17,22-23H,6,11-16H2,1H3,(H,27,32)(H,29,30). The van der Waals surface area contributed by atoms with Crippen molar-refractivity contribution in [3.63, 3.8) is 0 Å². The van der Waals surface area contributed by atoms with Gasteiger partial charge in [-0.1, -0.05) is 48.5 Å². The predicted octanol–water partition coefficient (Wildman–Crippen LogP) is 3.40. The van der Waals surface area contributed by atoms with Gasteiger partial charge >= 0.3 is 12.1 Å². The van der Waals surface area contributed by atoms with E-state index < -0.39 is 18.2 Å². The van der Waals surface area contributed by atoms with Crippen molar-refractivity contribution in [1.82, 2.24) is 10.2 Å². The van der Waals surface area contributed by atoms with E-state index in [1.165, 1.54) is 16.0 Å². The van der Waals surface area contributed by atoms with E-state index in [2.05, 4.69) is 29.6 Å². The Morgan fingerprint density at radius 1 is 1.06 bits per heavy atom. The van der Waals surface area contributed by atoms with Gasteiger partial charge in [0.2, 0.25) is 0 Å². The summed E-state index contributed by atoms with van der Waals surface area (Å²) in [5.41, 5.74) is 4.67. The normalized spacial score (nSPS) is 18.7. The number of carbonyl (C=O) groups is 3. The number of alkyl carbamates (subject to hydrolysis) is 1. The summed E-state index contributed by atoms with van der Waals surface area (Å²) in [7, 11) is 1.65. The van der Waals surface area contributed by atoms with Crippen LogP contribution in [0.2, 0.25) is 0 Å². The molecule has 0 saturated carbocycles. The molecule has 1 heterocycles. The Bertz CT molecular complexity index is 1010. The van der Waals surface area contributed by atoms with Gasteiger partial charge in [0, 0.05) is 32.5 Å². The van der Waals surface area contributed by atoms with Crippen molar-refractivity contribution >= 4 is 18.0 Å². The Balaban J connectivity index is 1.22. The van der Waals surface area contributed by atoms with Crippen LogP contribution in [0.1, 0.15) is 42.7 Å². The van der Waals surface area contributed by atoms with Gasteiger partial charge in [0.1, 0.15) is 12.7 Å². The minimum Gasteiger partial charge on any atom is -0.481 e. The van der Waals surface area contributed by atoms with Crippen molar-refractivity contribution in [2.45, 2.75) is 43.8 Å². The molecular weight excluding hydrogens is 436 g/mol. The number of carbonyl (C=O) groups excluding carboxylic acids is 2. The fraction of sp³-hybridized carbons (Fsp3) is 0.423. The van der Waals surface area contributed by atoms with Crippen molar-refractivity contribution in [3.8, 4) is 11.1 Å². The van der Waals surface area contributed by atoms with Gasteiger partial charge in [-0.05, 0) is 41.5 Å². The molecule has 2 N–H and O–H groups in total. The maximum Gasteiger partial charge on any atom is 0.407 e. The Morgan fingerprint density at radius 2 is 1.71 bits per heavy atom. The number of carboxylic acids is 1. The van der Waals surface area contributed by atoms with E-state index in [1.54, 1.807) is 7.05 Å². The van der Waals surface area contributed by atoms with E-state index in [1.807, 2.05) is 24.3 Å². The van der Waals surface area contributed by atoms with Gasteiger partial charge in [-0.25, -0.2) is 4.79 Å². The third kappa shape index (κ3) is 5.39. The van der Waals surface area contributed by atoms with Crippen LogP contribution in [0.5, 0.6) is 0 Å². The molecule has 4 rings (SSSR count). The van der Waals surface area contributed by atoms with Crippen LogP contribution in [0.4, 0.5) is 4.79 Å². The number of hydrogen-bond acceptors (Lipinski definition) is 5. The zero-order chi connectivity index (χ0) is 24.1. The number of aliphatic carboxylic acids is 1. The quantitative estimate of drug-likeness (QED) is 0.587. The van der Waals surface area contributed by atoms with Crippen molar-refractivity contribution in [2.24, 2.45) is 0 Å². The number of hydrogen-bond donors (Lipinski definition) is 2. The van der Waals surface area contributed by atoms with Gasteiger partial charge in [-0.2, -0.15) is 0 Å². The van der Waals surface area contributed by atoms with Crippen LogP contribution in [0.15, 0.2) is 48.5 Å². The van der Waals surface area contributed by atoms with Crippen molar-refractivity contribution in [2.75, 3.05) is 26.7 Å². The first-order chi connectivity index (χ1) is 16.4. The molecule has 1 saturated heterocycles. The summed E-state index contributed by atoms with van der Waals surface area (Å²) in [6, 6.07) is 16.3. The first kappa shape index (κ1) is 23.8. The number of carboxylic acid groups (broad SMARTS) is 1. The van der Waals surface area contributed by atoms with Crippen LogP contribution in [0, 0.1) is 0 Å². The molecule has 2 aliphatic rings. The number of fused-ring (bicyclic) bond motifs is 3. The summed E-state index contributed by atoms with van der Waals surface area (Å²) in [4.78, 5) is 37.0. The third-order valence-corrected chi connectivity index (χ3v) is 6.46. The third-order valence-electron chi connectivity index (χ3n) is 6.46. The molecule has 2 unspecified atom stereocenters. The lowest BCUT2D eigenvalue weighted by atomic mass is 9.98. The fourth-order valence-corrected chi connectivity index (χ4v) is 4.71. The molecule has 2 aromatic rings. The number of likely N-dealkylation sites (N-methyl/N-ethyl adjacent to an activating group) is 1. The topological polar surface area (TPSA) is 105 Å². The smallest absolute Gasteiger partial charge is 0.407 e. The number of benzene rings is 2. The molecule has 8 heteroatoms. The van der Waals surface area contributed by atoms with E-state index in [0.717, 1.165) is 11.1 Å². The molecule has 1 aliphatic heterocycles. The highest BCUT2D eigenvalue weighted by molar-refractivity contribution is 5.81. The number of ether oxygens (including phenoxy) is 2. The second-order valence-corrected chi connectivity index (χ2v) is 8.79. The lowest BCUT2D eigenvalue weighted by Gasteiger charge is -2.21. The summed E-state index contributed by atoms with van der Waals surface area (Å²) >= 11 is 0. The molecule has 1 fully saturated rings. The SMILES string of the molecule is CN(CCCC(=O)O)C(=O)C1CCC(CNC(=O)OCC2c3ccccc3-c3ccccc32)O1. The Kier molecular flexibility index (Phi) is 7.47. The van der Waals surface area contributed by atoms with Gasteiger partial charge in [-0.3, -0.25) is 9.59 Å². The van der Waals surface area contributed by atoms with Gasteiger partial charge in [0.25, 0.3) is 5.91 Å². The average Bonchev–Trinajstić information content (AvgIpc) is 3.43. The minimum atomic E-state index is -0.877. The summed E-state index contributed by atoms with van der Waals surface area (Å²) in [5, 5.41) is 11.5. The number of nitrogens with one attached hydrogen (secondary N) is 1. The van der Waals surface area contributed by atoms with Gasteiger partial charge < -0.3 is 24.8 Å². The monoisotopic (exact) mass is 466 g/mol. The molecule has 1 aliphatic carbocycles. The van der Waals surface area contributed by atoms with Crippen molar-refractivity contribution in [1.29, 1.82) is 0 Å². The van der Waals surface area contributed by atoms with Crippen molar-refractivity contribution < 1.29 is 29.0 Å². The first-order valence-corrected chi connectivity index (χ1v) is 11.6. The maximum absolute atomic E-state index is 12.5. The summed E-state index contributed by atoms with van der Waals surface area (Å²) < 4.78 is 11.4. The lowest BCUT2D eigenvalue weighted by Crippen LogP contribution is -2.38. The second-order valence-electron chi connectivity index (χ2n) is 8.79.